The molecule has 0 bridgehead atoms. The molecule has 0 aliphatic carbocycles. The molecule has 0 fully saturated rings. The first kappa shape index (κ1) is 30.1. The van der Waals surface area contributed by atoms with Gasteiger partial charge in [-0.15, -0.1) is 0 Å². The van der Waals surface area contributed by atoms with E-state index in [1.807, 2.05) is 6.07 Å². The van der Waals surface area contributed by atoms with Gasteiger partial charge in [0.25, 0.3) is 11.8 Å². The molecule has 0 radical (unpaired) electrons. The fraction of sp³-hybridized carbons (Fsp3) is 0.394. The van der Waals surface area contributed by atoms with Gasteiger partial charge in [0.05, 0.1) is 18.8 Å². The molecule has 0 saturated heterocycles. The lowest BCUT2D eigenvalue weighted by Crippen LogP contribution is -2.47. The second-order valence-corrected chi connectivity index (χ2v) is 10.7. The first-order chi connectivity index (χ1) is 19.8. The van der Waals surface area contributed by atoms with E-state index in [1.54, 1.807) is 68.6 Å². The predicted molar refractivity (Wildman–Crippen MR) is 161 cm³/mol. The van der Waals surface area contributed by atoms with Crippen LogP contribution in [0.15, 0.2) is 72.8 Å². The number of benzene rings is 3. The van der Waals surface area contributed by atoms with Gasteiger partial charge in [-0.3, -0.25) is 14.5 Å². The Morgan fingerprint density at radius 3 is 2.51 bits per heavy atom. The molecule has 0 saturated carbocycles. The van der Waals surface area contributed by atoms with Crippen molar-refractivity contribution in [2.45, 2.75) is 32.4 Å². The van der Waals surface area contributed by atoms with E-state index < -0.39 is 0 Å². The lowest BCUT2D eigenvalue weighted by atomic mass is 10.0. The van der Waals surface area contributed by atoms with Crippen molar-refractivity contribution in [3.63, 3.8) is 0 Å². The molecule has 218 valence electrons. The zero-order valence-corrected chi connectivity index (χ0v) is 24.6. The summed E-state index contributed by atoms with van der Waals surface area (Å²) in [6.07, 6.45) is 0.788. The van der Waals surface area contributed by atoms with Crippen molar-refractivity contribution in [2.75, 3.05) is 52.8 Å². The number of likely N-dealkylation sites (N-methyl/N-ethyl adjacent to an activating group) is 1. The average molecular weight is 560 g/mol. The number of nitrogens with zero attached hydrogens (tertiary/aromatic N) is 2. The summed E-state index contributed by atoms with van der Waals surface area (Å²) in [5.74, 6) is 0.768. The number of carbonyl (C=O) groups excluding carboxylic acids is 2. The number of methoxy groups -OCH3 is 2. The van der Waals surface area contributed by atoms with Crippen molar-refractivity contribution in [2.24, 2.45) is 5.92 Å². The zero-order valence-electron chi connectivity index (χ0n) is 24.6. The number of hydrogen-bond acceptors (Lipinski definition) is 6. The fourth-order valence-corrected chi connectivity index (χ4v) is 5.13. The SMILES string of the molecule is COc1cccc(C(=O)Nc2ccc3c(c2)C(=O)N(C)C[C@@H](OC)[C@H](C)CN(CCc2ccccc2)[C@@H](C)CO3)c1. The van der Waals surface area contributed by atoms with Gasteiger partial charge in [0, 0.05) is 51.1 Å². The summed E-state index contributed by atoms with van der Waals surface area (Å²) in [4.78, 5) is 30.7. The summed E-state index contributed by atoms with van der Waals surface area (Å²) in [6.45, 7) is 6.87. The van der Waals surface area contributed by atoms with Crippen LogP contribution in [0.25, 0.3) is 0 Å². The summed E-state index contributed by atoms with van der Waals surface area (Å²) in [6, 6.07) is 22.7. The number of carbonyl (C=O) groups is 2. The van der Waals surface area contributed by atoms with E-state index in [9.17, 15) is 9.59 Å². The van der Waals surface area contributed by atoms with Crippen LogP contribution in [0.1, 0.15) is 40.1 Å². The fourth-order valence-electron chi connectivity index (χ4n) is 5.13. The van der Waals surface area contributed by atoms with Gasteiger partial charge in [-0.2, -0.15) is 0 Å². The summed E-state index contributed by atoms with van der Waals surface area (Å²) >= 11 is 0. The first-order valence-electron chi connectivity index (χ1n) is 14.1. The van der Waals surface area contributed by atoms with Gasteiger partial charge in [0.1, 0.15) is 18.1 Å². The summed E-state index contributed by atoms with van der Waals surface area (Å²) in [5, 5.41) is 2.90. The molecule has 3 aromatic rings. The van der Waals surface area contributed by atoms with E-state index in [2.05, 4.69) is 48.3 Å². The summed E-state index contributed by atoms with van der Waals surface area (Å²) < 4.78 is 17.4. The average Bonchev–Trinajstić information content (AvgIpc) is 3.00. The largest absolute Gasteiger partial charge is 0.497 e. The maximum Gasteiger partial charge on any atom is 0.257 e. The molecule has 2 amide bonds. The highest BCUT2D eigenvalue weighted by molar-refractivity contribution is 6.05. The number of amides is 2. The monoisotopic (exact) mass is 559 g/mol. The molecular formula is C33H41N3O5. The topological polar surface area (TPSA) is 80.3 Å². The Labute approximate surface area is 243 Å². The van der Waals surface area contributed by atoms with Gasteiger partial charge in [0.2, 0.25) is 0 Å². The van der Waals surface area contributed by atoms with Gasteiger partial charge in [0.15, 0.2) is 0 Å². The van der Waals surface area contributed by atoms with E-state index in [-0.39, 0.29) is 29.9 Å². The molecule has 8 heteroatoms. The van der Waals surface area contributed by atoms with E-state index in [1.165, 1.54) is 5.56 Å². The number of nitrogens with one attached hydrogen (secondary N) is 1. The third-order valence-corrected chi connectivity index (χ3v) is 7.69. The quantitative estimate of drug-likeness (QED) is 0.439. The van der Waals surface area contributed by atoms with Crippen LogP contribution in [0, 0.1) is 5.92 Å². The lowest BCUT2D eigenvalue weighted by Gasteiger charge is -2.36. The number of fused-ring (bicyclic) bond motifs is 1. The van der Waals surface area contributed by atoms with Crippen LogP contribution in [0.5, 0.6) is 11.5 Å². The Morgan fingerprint density at radius 2 is 1.78 bits per heavy atom. The van der Waals surface area contributed by atoms with Crippen LogP contribution >= 0.6 is 0 Å². The summed E-state index contributed by atoms with van der Waals surface area (Å²) in [7, 11) is 5.03. The van der Waals surface area contributed by atoms with Crippen LogP contribution in [0.3, 0.4) is 0 Å². The Hall–Kier alpha value is -3.88. The molecule has 41 heavy (non-hydrogen) atoms. The van der Waals surface area contributed by atoms with Gasteiger partial charge < -0.3 is 24.4 Å². The molecule has 0 unspecified atom stereocenters. The van der Waals surface area contributed by atoms with Crippen LogP contribution in [0.4, 0.5) is 5.69 Å². The molecule has 1 heterocycles. The van der Waals surface area contributed by atoms with Gasteiger partial charge in [-0.1, -0.05) is 43.3 Å². The lowest BCUT2D eigenvalue weighted by molar-refractivity contribution is 0.0109. The van der Waals surface area contributed by atoms with E-state index in [0.29, 0.717) is 41.5 Å². The third kappa shape index (κ3) is 7.86. The van der Waals surface area contributed by atoms with Crippen molar-refractivity contribution in [3.05, 3.63) is 89.5 Å². The van der Waals surface area contributed by atoms with E-state index in [0.717, 1.165) is 19.5 Å². The smallest absolute Gasteiger partial charge is 0.257 e. The molecule has 1 aliphatic heterocycles. The second-order valence-electron chi connectivity index (χ2n) is 10.7. The molecule has 3 aromatic carbocycles. The normalized spacial score (nSPS) is 20.3. The second kappa shape index (κ2) is 14.1. The van der Waals surface area contributed by atoms with Crippen LogP contribution < -0.4 is 14.8 Å². The molecule has 1 aliphatic rings. The van der Waals surface area contributed by atoms with Crippen molar-refractivity contribution < 1.29 is 23.8 Å². The Balaban J connectivity index is 1.58. The molecule has 1 N–H and O–H groups in total. The number of ether oxygens (including phenoxy) is 3. The number of rotatable bonds is 7. The molecule has 4 rings (SSSR count). The molecule has 0 aromatic heterocycles. The van der Waals surface area contributed by atoms with Crippen molar-refractivity contribution in [3.8, 4) is 11.5 Å². The van der Waals surface area contributed by atoms with Crippen LogP contribution in [-0.4, -0.2) is 81.3 Å². The Kier molecular flexibility index (Phi) is 10.4. The minimum atomic E-state index is -0.297. The minimum absolute atomic E-state index is 0.103. The third-order valence-electron chi connectivity index (χ3n) is 7.69. The summed E-state index contributed by atoms with van der Waals surface area (Å²) in [5.41, 5.74) is 2.64. The van der Waals surface area contributed by atoms with Gasteiger partial charge >= 0.3 is 0 Å². The highest BCUT2D eigenvalue weighted by Crippen LogP contribution is 2.27. The minimum Gasteiger partial charge on any atom is -0.497 e. The predicted octanol–water partition coefficient (Wildman–Crippen LogP) is 5.00. The Bertz CT molecular complexity index is 1320. The van der Waals surface area contributed by atoms with Crippen molar-refractivity contribution >= 4 is 17.5 Å². The Morgan fingerprint density at radius 1 is 1.00 bits per heavy atom. The first-order valence-corrected chi connectivity index (χ1v) is 14.1. The van der Waals surface area contributed by atoms with Gasteiger partial charge in [-0.05, 0) is 61.2 Å². The molecular weight excluding hydrogens is 518 g/mol. The van der Waals surface area contributed by atoms with Crippen LogP contribution in [-0.2, 0) is 11.2 Å². The molecule has 3 atom stereocenters. The van der Waals surface area contributed by atoms with E-state index in [4.69, 9.17) is 14.2 Å². The van der Waals surface area contributed by atoms with E-state index >= 15 is 0 Å². The zero-order chi connectivity index (χ0) is 29.4. The molecule has 0 spiro atoms. The highest BCUT2D eigenvalue weighted by atomic mass is 16.5. The molecule has 8 nitrogen and oxygen atoms in total. The van der Waals surface area contributed by atoms with Crippen molar-refractivity contribution in [1.29, 1.82) is 0 Å². The van der Waals surface area contributed by atoms with Crippen LogP contribution in [0.2, 0.25) is 0 Å². The number of anilines is 1. The standard InChI is InChI=1S/C33H41N3O5/c1-23-20-36(17-16-25-10-7-6-8-11-25)24(2)22-41-30-15-14-27(19-29(30)33(38)35(3)21-31(23)40-5)34-32(37)26-12-9-13-28(18-26)39-4/h6-15,18-19,23-24,31H,16-17,20-22H2,1-5H3,(H,34,37)/t23-,24+,31-/m1/s1. The highest BCUT2D eigenvalue weighted by Gasteiger charge is 2.28. The maximum atomic E-state index is 13.7. The van der Waals surface area contributed by atoms with Gasteiger partial charge in [-0.25, -0.2) is 0 Å². The van der Waals surface area contributed by atoms with Crippen molar-refractivity contribution in [1.82, 2.24) is 9.80 Å². The maximum absolute atomic E-state index is 13.7. The number of hydrogen-bond donors (Lipinski definition) is 1.